The van der Waals surface area contributed by atoms with E-state index < -0.39 is 6.09 Å². The van der Waals surface area contributed by atoms with Crippen LogP contribution in [0.4, 0.5) is 10.5 Å². The number of nitrogens with zero attached hydrogens (tertiary/aromatic N) is 1. The molecule has 5 nitrogen and oxygen atoms in total. The van der Waals surface area contributed by atoms with E-state index in [1.54, 1.807) is 12.1 Å². The molecule has 0 radical (unpaired) electrons. The first-order valence-electron chi connectivity index (χ1n) is 6.10. The molecule has 0 bridgehead atoms. The number of likely N-dealkylation sites (tertiary alicyclic amines) is 1. The molecule has 2 rings (SSSR count). The molecule has 19 heavy (non-hydrogen) atoms. The summed E-state index contributed by atoms with van der Waals surface area (Å²) in [5, 5.41) is 11.8. The second-order valence-electron chi connectivity index (χ2n) is 4.56. The van der Waals surface area contributed by atoms with Gasteiger partial charge >= 0.3 is 6.09 Å². The van der Waals surface area contributed by atoms with Gasteiger partial charge in [0.05, 0.1) is 5.92 Å². The largest absolute Gasteiger partial charge is 0.465 e. The fourth-order valence-corrected chi connectivity index (χ4v) is 2.41. The predicted octanol–water partition coefficient (Wildman–Crippen LogP) is 2.78. The molecule has 102 valence electrons. The van der Waals surface area contributed by atoms with E-state index in [1.807, 2.05) is 12.1 Å². The van der Waals surface area contributed by atoms with Crippen LogP contribution in [0.5, 0.6) is 0 Å². The van der Waals surface area contributed by atoms with Crippen LogP contribution < -0.4 is 5.32 Å². The van der Waals surface area contributed by atoms with Gasteiger partial charge < -0.3 is 15.3 Å². The molecule has 1 aromatic carbocycles. The van der Waals surface area contributed by atoms with Crippen molar-refractivity contribution in [1.29, 1.82) is 0 Å². The minimum atomic E-state index is -0.957. The molecule has 1 heterocycles. The van der Waals surface area contributed by atoms with Crippen LogP contribution in [-0.2, 0) is 4.79 Å². The maximum Gasteiger partial charge on any atom is 0.407 e. The number of benzene rings is 1. The maximum absolute atomic E-state index is 12.1. The lowest BCUT2D eigenvalue weighted by Crippen LogP contribution is -2.43. The van der Waals surface area contributed by atoms with Crippen molar-refractivity contribution >= 4 is 33.6 Å². The number of carboxylic acid groups (broad SMARTS) is 1. The summed E-state index contributed by atoms with van der Waals surface area (Å²) in [5.74, 6) is -0.387. The van der Waals surface area contributed by atoms with E-state index >= 15 is 0 Å². The number of rotatable bonds is 2. The number of carbonyl (C=O) groups is 2. The highest BCUT2D eigenvalue weighted by Crippen LogP contribution is 2.20. The highest BCUT2D eigenvalue weighted by Gasteiger charge is 2.28. The highest BCUT2D eigenvalue weighted by atomic mass is 79.9. The van der Waals surface area contributed by atoms with Crippen molar-refractivity contribution in [3.63, 3.8) is 0 Å². The van der Waals surface area contributed by atoms with Crippen LogP contribution in [0.3, 0.4) is 0 Å². The van der Waals surface area contributed by atoms with Crippen LogP contribution in [0.15, 0.2) is 28.7 Å². The lowest BCUT2D eigenvalue weighted by Gasteiger charge is -2.29. The van der Waals surface area contributed by atoms with Crippen molar-refractivity contribution in [2.75, 3.05) is 18.4 Å². The van der Waals surface area contributed by atoms with E-state index in [2.05, 4.69) is 21.2 Å². The monoisotopic (exact) mass is 326 g/mol. The molecule has 0 unspecified atom stereocenters. The Morgan fingerprint density at radius 3 is 2.63 bits per heavy atom. The van der Waals surface area contributed by atoms with Gasteiger partial charge in [0.1, 0.15) is 0 Å². The van der Waals surface area contributed by atoms with Crippen molar-refractivity contribution in [1.82, 2.24) is 4.90 Å². The zero-order valence-corrected chi connectivity index (χ0v) is 11.9. The van der Waals surface area contributed by atoms with E-state index in [4.69, 9.17) is 5.11 Å². The van der Waals surface area contributed by atoms with Crippen molar-refractivity contribution in [2.24, 2.45) is 5.92 Å². The summed E-state index contributed by atoms with van der Waals surface area (Å²) < 4.78 is 0.945. The van der Waals surface area contributed by atoms with E-state index in [9.17, 15) is 9.59 Å². The standard InChI is InChI=1S/C13H15BrN2O3/c14-10-3-5-11(6-4-10)15-12(17)9-2-1-7-16(8-9)13(18)19/h3-6,9H,1-2,7-8H2,(H,15,17)(H,18,19)/t9-/m0/s1. The van der Waals surface area contributed by atoms with Gasteiger partial charge in [-0.1, -0.05) is 15.9 Å². The molecule has 1 aliphatic heterocycles. The molecule has 2 amide bonds. The number of hydrogen-bond acceptors (Lipinski definition) is 2. The van der Waals surface area contributed by atoms with Crippen molar-refractivity contribution < 1.29 is 14.7 Å². The zero-order valence-electron chi connectivity index (χ0n) is 10.3. The number of anilines is 1. The van der Waals surface area contributed by atoms with Gasteiger partial charge in [-0.15, -0.1) is 0 Å². The fourth-order valence-electron chi connectivity index (χ4n) is 2.14. The lowest BCUT2D eigenvalue weighted by molar-refractivity contribution is -0.121. The normalized spacial score (nSPS) is 19.0. The quantitative estimate of drug-likeness (QED) is 0.877. The zero-order chi connectivity index (χ0) is 13.8. The van der Waals surface area contributed by atoms with Gasteiger partial charge in [0.2, 0.25) is 5.91 Å². The van der Waals surface area contributed by atoms with E-state index in [1.165, 1.54) is 4.90 Å². The minimum Gasteiger partial charge on any atom is -0.465 e. The van der Waals surface area contributed by atoms with Crippen LogP contribution >= 0.6 is 15.9 Å². The highest BCUT2D eigenvalue weighted by molar-refractivity contribution is 9.10. The van der Waals surface area contributed by atoms with Crippen LogP contribution in [-0.4, -0.2) is 35.1 Å². The molecule has 0 spiro atoms. The van der Waals surface area contributed by atoms with E-state index in [0.717, 1.165) is 23.0 Å². The summed E-state index contributed by atoms with van der Waals surface area (Å²) in [6, 6.07) is 7.31. The molecule has 0 aromatic heterocycles. The molecular weight excluding hydrogens is 312 g/mol. The SMILES string of the molecule is O=C(Nc1ccc(Br)cc1)[C@H]1CCCN(C(=O)O)C1. The maximum atomic E-state index is 12.1. The first kappa shape index (κ1) is 13.9. The lowest BCUT2D eigenvalue weighted by atomic mass is 9.97. The molecule has 1 atom stereocenters. The summed E-state index contributed by atoms with van der Waals surface area (Å²) in [4.78, 5) is 24.3. The third-order valence-electron chi connectivity index (χ3n) is 3.17. The number of halogens is 1. The molecule has 1 aliphatic rings. The van der Waals surface area contributed by atoms with E-state index in [-0.39, 0.29) is 18.4 Å². The van der Waals surface area contributed by atoms with Crippen molar-refractivity contribution in [2.45, 2.75) is 12.8 Å². The van der Waals surface area contributed by atoms with E-state index in [0.29, 0.717) is 6.54 Å². The smallest absolute Gasteiger partial charge is 0.407 e. The topological polar surface area (TPSA) is 69.6 Å². The molecule has 1 fully saturated rings. The Kier molecular flexibility index (Phi) is 4.42. The number of amides is 2. The predicted molar refractivity (Wildman–Crippen MR) is 75.1 cm³/mol. The second-order valence-corrected chi connectivity index (χ2v) is 5.48. The van der Waals surface area contributed by atoms with Crippen molar-refractivity contribution in [3.8, 4) is 0 Å². The Labute approximate surface area is 119 Å². The number of nitrogens with one attached hydrogen (secondary N) is 1. The Morgan fingerprint density at radius 2 is 2.00 bits per heavy atom. The Balaban J connectivity index is 1.96. The molecule has 6 heteroatoms. The third kappa shape index (κ3) is 3.70. The van der Waals surface area contributed by atoms with Crippen LogP contribution in [0.25, 0.3) is 0 Å². The number of carbonyl (C=O) groups excluding carboxylic acids is 1. The minimum absolute atomic E-state index is 0.117. The van der Waals surface area contributed by atoms with Crippen molar-refractivity contribution in [3.05, 3.63) is 28.7 Å². The Morgan fingerprint density at radius 1 is 1.32 bits per heavy atom. The summed E-state index contributed by atoms with van der Waals surface area (Å²) in [6.07, 6.45) is 0.498. The van der Waals surface area contributed by atoms with Gasteiger partial charge in [0.15, 0.2) is 0 Å². The molecule has 2 N–H and O–H groups in total. The molecule has 0 saturated carbocycles. The average molecular weight is 327 g/mol. The van der Waals surface area contributed by atoms with Crippen LogP contribution in [0.1, 0.15) is 12.8 Å². The summed E-state index contributed by atoms with van der Waals surface area (Å²) in [6.45, 7) is 0.787. The van der Waals surface area contributed by atoms with Crippen LogP contribution in [0, 0.1) is 5.92 Å². The molecule has 1 saturated heterocycles. The third-order valence-corrected chi connectivity index (χ3v) is 3.70. The molecule has 1 aromatic rings. The van der Waals surface area contributed by atoms with Gasteiger partial charge in [0, 0.05) is 23.2 Å². The summed E-state index contributed by atoms with van der Waals surface area (Å²) in [5.41, 5.74) is 0.723. The summed E-state index contributed by atoms with van der Waals surface area (Å²) in [7, 11) is 0. The first-order valence-corrected chi connectivity index (χ1v) is 6.90. The molecular formula is C13H15BrN2O3. The number of piperidine rings is 1. The number of hydrogen-bond donors (Lipinski definition) is 2. The van der Waals surface area contributed by atoms with Gasteiger partial charge in [-0.25, -0.2) is 4.79 Å². The summed E-state index contributed by atoms with van der Waals surface area (Å²) >= 11 is 3.33. The fraction of sp³-hybridized carbons (Fsp3) is 0.385. The Hall–Kier alpha value is -1.56. The van der Waals surface area contributed by atoms with Crippen LogP contribution in [0.2, 0.25) is 0 Å². The van der Waals surface area contributed by atoms with Gasteiger partial charge in [-0.3, -0.25) is 4.79 Å². The van der Waals surface area contributed by atoms with Gasteiger partial charge in [0.25, 0.3) is 0 Å². The Bertz CT molecular complexity index is 475. The second kappa shape index (κ2) is 6.06. The average Bonchev–Trinajstić information content (AvgIpc) is 2.41. The molecule has 0 aliphatic carbocycles. The van der Waals surface area contributed by atoms with Gasteiger partial charge in [-0.2, -0.15) is 0 Å². The first-order chi connectivity index (χ1) is 9.06. The van der Waals surface area contributed by atoms with Gasteiger partial charge in [-0.05, 0) is 37.1 Å².